The zero-order chi connectivity index (χ0) is 55.0. The van der Waals surface area contributed by atoms with Crippen molar-refractivity contribution in [3.05, 3.63) is 320 Å². The van der Waals surface area contributed by atoms with Gasteiger partial charge in [-0.2, -0.15) is 0 Å². The second-order valence-corrected chi connectivity index (χ2v) is 23.3. The Balaban J connectivity index is 0.961. The largest absolute Gasteiger partial charge is 0.454 e. The van der Waals surface area contributed by atoms with Crippen LogP contribution >= 0.6 is 11.3 Å². The van der Waals surface area contributed by atoms with Gasteiger partial charge < -0.3 is 18.8 Å². The van der Waals surface area contributed by atoms with Crippen LogP contribution in [0.2, 0.25) is 0 Å². The molecule has 0 atom stereocenters. The Hall–Kier alpha value is -10.7. The molecule has 3 heterocycles. The van der Waals surface area contributed by atoms with Gasteiger partial charge in [-0.25, -0.2) is 0 Å². The standard InChI is InChI=1S/C79H49N3OS/c1-4-23-51(24-5-1)80(54-43-44-60-59-31-12-18-38-69(59)79(70(60)48-54)67-36-16-10-29-57(67)58-30-11-17-37-68(58)79)55-45-50(46-56(47-55)81(52-25-6-2-7-26-52)72-40-22-35-63-62-33-15-21-42-74(62)84-78(63)72)65-49-66-61-32-13-19-39-71(61)82(53-27-8-3-9-28-53)76(66)77-75(65)64-34-14-20-41-73(64)83-77/h1-49H. The summed E-state index contributed by atoms with van der Waals surface area (Å²) < 4.78 is 12.1. The zero-order valence-electron chi connectivity index (χ0n) is 45.4. The predicted octanol–water partition coefficient (Wildman–Crippen LogP) is 22.0. The summed E-state index contributed by atoms with van der Waals surface area (Å²) in [6.07, 6.45) is 0. The molecule has 84 heavy (non-hydrogen) atoms. The number of nitrogens with zero attached hydrogens (tertiary/aromatic N) is 3. The van der Waals surface area contributed by atoms with E-state index in [-0.39, 0.29) is 0 Å². The number of hydrogen-bond donors (Lipinski definition) is 0. The molecule has 13 aromatic carbocycles. The molecule has 2 aliphatic rings. The fourth-order valence-electron chi connectivity index (χ4n) is 14.6. The summed E-state index contributed by atoms with van der Waals surface area (Å²) in [6, 6.07) is 110. The van der Waals surface area contributed by atoms with E-state index in [4.69, 9.17) is 4.42 Å². The van der Waals surface area contributed by atoms with Crippen molar-refractivity contribution in [2.24, 2.45) is 0 Å². The van der Waals surface area contributed by atoms with Crippen molar-refractivity contribution in [2.75, 3.05) is 9.80 Å². The number of benzene rings is 13. The van der Waals surface area contributed by atoms with Crippen LogP contribution in [0.15, 0.2) is 302 Å². The molecule has 0 saturated carbocycles. The number of hydrogen-bond acceptors (Lipinski definition) is 4. The Labute approximate surface area is 489 Å². The maximum absolute atomic E-state index is 7.25. The number of anilines is 6. The summed E-state index contributed by atoms with van der Waals surface area (Å²) in [5.74, 6) is 0. The molecule has 0 bridgehead atoms. The minimum absolute atomic E-state index is 0.528. The third kappa shape index (κ3) is 6.64. The first-order valence-electron chi connectivity index (χ1n) is 28.8. The van der Waals surface area contributed by atoms with Gasteiger partial charge in [0.15, 0.2) is 5.58 Å². The highest BCUT2D eigenvalue weighted by Gasteiger charge is 2.51. The fraction of sp³-hybridized carbons (Fsp3) is 0.0127. The van der Waals surface area contributed by atoms with Crippen LogP contribution in [-0.4, -0.2) is 4.57 Å². The summed E-state index contributed by atoms with van der Waals surface area (Å²) in [6.45, 7) is 0. The SMILES string of the molecule is c1ccc(N(c2cc(-c3cc4c5ccccc5n(-c5ccccc5)c4c4oc5ccccc5c34)cc(N(c3ccccc3)c3cccc4c3sc3ccccc34)c2)c2ccc3c(c2)C2(c4ccccc4-c4ccccc42)c2ccccc2-3)cc1. The van der Waals surface area contributed by atoms with Gasteiger partial charge in [0.05, 0.1) is 26.8 Å². The fourth-order valence-corrected chi connectivity index (χ4v) is 15.8. The van der Waals surface area contributed by atoms with Gasteiger partial charge in [0.2, 0.25) is 0 Å². The molecule has 3 aromatic heterocycles. The van der Waals surface area contributed by atoms with Crippen molar-refractivity contribution in [3.63, 3.8) is 0 Å². The lowest BCUT2D eigenvalue weighted by atomic mass is 9.70. The lowest BCUT2D eigenvalue weighted by molar-refractivity contribution is 0.671. The van der Waals surface area contributed by atoms with Gasteiger partial charge in [0, 0.05) is 71.1 Å². The summed E-state index contributed by atoms with van der Waals surface area (Å²) >= 11 is 1.86. The zero-order valence-corrected chi connectivity index (χ0v) is 46.3. The Morgan fingerprint density at radius 1 is 0.345 bits per heavy atom. The monoisotopic (exact) mass is 1090 g/mol. The van der Waals surface area contributed by atoms with Gasteiger partial charge >= 0.3 is 0 Å². The average Bonchev–Trinajstić information content (AvgIpc) is 1.96. The molecule has 0 radical (unpaired) electrons. The van der Waals surface area contributed by atoms with Crippen molar-refractivity contribution >= 4 is 109 Å². The predicted molar refractivity (Wildman–Crippen MR) is 352 cm³/mol. The van der Waals surface area contributed by atoms with Crippen molar-refractivity contribution in [2.45, 2.75) is 5.41 Å². The average molecular weight is 1090 g/mol. The number of rotatable bonds is 8. The van der Waals surface area contributed by atoms with Crippen molar-refractivity contribution in [3.8, 4) is 39.1 Å². The maximum Gasteiger partial charge on any atom is 0.160 e. The topological polar surface area (TPSA) is 24.6 Å². The molecule has 0 amide bonds. The number of aromatic nitrogens is 1. The number of fused-ring (bicyclic) bond motifs is 20. The molecule has 0 aliphatic heterocycles. The smallest absolute Gasteiger partial charge is 0.160 e. The van der Waals surface area contributed by atoms with E-state index in [1.165, 1.54) is 64.7 Å². The summed E-state index contributed by atoms with van der Waals surface area (Å²) in [5, 5.41) is 6.92. The van der Waals surface area contributed by atoms with Gasteiger partial charge in [0.25, 0.3) is 0 Å². The maximum atomic E-state index is 7.25. The minimum Gasteiger partial charge on any atom is -0.454 e. The van der Waals surface area contributed by atoms with Crippen LogP contribution in [0.25, 0.3) is 103 Å². The van der Waals surface area contributed by atoms with Crippen molar-refractivity contribution in [1.29, 1.82) is 0 Å². The van der Waals surface area contributed by atoms with E-state index in [1.54, 1.807) is 0 Å². The third-order valence-corrected chi connectivity index (χ3v) is 19.1. The molecular weight excluding hydrogens is 1040 g/mol. The van der Waals surface area contributed by atoms with E-state index in [0.29, 0.717) is 0 Å². The van der Waals surface area contributed by atoms with Crippen LogP contribution < -0.4 is 9.80 Å². The van der Waals surface area contributed by atoms with Gasteiger partial charge in [-0.3, -0.25) is 0 Å². The molecule has 392 valence electrons. The van der Waals surface area contributed by atoms with Crippen molar-refractivity contribution in [1.82, 2.24) is 4.57 Å². The first kappa shape index (κ1) is 47.0. The van der Waals surface area contributed by atoms with E-state index in [9.17, 15) is 0 Å². The molecule has 0 unspecified atom stereocenters. The highest BCUT2D eigenvalue weighted by atomic mass is 32.1. The van der Waals surface area contributed by atoms with Gasteiger partial charge in [-0.15, -0.1) is 11.3 Å². The van der Waals surface area contributed by atoms with Crippen LogP contribution in [0.4, 0.5) is 34.1 Å². The lowest BCUT2D eigenvalue weighted by Crippen LogP contribution is -2.26. The molecule has 16 aromatic rings. The highest BCUT2D eigenvalue weighted by Crippen LogP contribution is 2.63. The van der Waals surface area contributed by atoms with Crippen molar-refractivity contribution < 1.29 is 4.42 Å². The Morgan fingerprint density at radius 3 is 1.60 bits per heavy atom. The normalized spacial score (nSPS) is 12.9. The first-order chi connectivity index (χ1) is 41.7. The molecule has 0 fully saturated rings. The summed E-state index contributed by atoms with van der Waals surface area (Å²) in [4.78, 5) is 4.98. The van der Waals surface area contributed by atoms with E-state index in [1.807, 2.05) is 11.3 Å². The van der Waals surface area contributed by atoms with Crippen LogP contribution in [0, 0.1) is 0 Å². The van der Waals surface area contributed by atoms with Crippen LogP contribution in [0.5, 0.6) is 0 Å². The molecule has 5 heteroatoms. The van der Waals surface area contributed by atoms with E-state index >= 15 is 0 Å². The molecule has 0 N–H and O–H groups in total. The first-order valence-corrected chi connectivity index (χ1v) is 29.6. The van der Waals surface area contributed by atoms with Gasteiger partial charge in [-0.1, -0.05) is 200 Å². The molecule has 0 saturated heterocycles. The van der Waals surface area contributed by atoms with Crippen LogP contribution in [0.3, 0.4) is 0 Å². The van der Waals surface area contributed by atoms with E-state index in [0.717, 1.165) is 94.7 Å². The molecule has 1 spiro atoms. The van der Waals surface area contributed by atoms with Gasteiger partial charge in [0.1, 0.15) is 5.58 Å². The molecular formula is C79H49N3OS. The molecule has 4 nitrogen and oxygen atoms in total. The summed E-state index contributed by atoms with van der Waals surface area (Å²) in [5.41, 5.74) is 23.3. The van der Waals surface area contributed by atoms with E-state index in [2.05, 4.69) is 312 Å². The second kappa shape index (κ2) is 18.1. The van der Waals surface area contributed by atoms with Gasteiger partial charge in [-0.05, 0) is 153 Å². The van der Waals surface area contributed by atoms with Crippen LogP contribution in [0.1, 0.15) is 22.3 Å². The minimum atomic E-state index is -0.528. The molecule has 2 aliphatic carbocycles. The Morgan fingerprint density at radius 2 is 0.893 bits per heavy atom. The number of para-hydroxylation sites is 5. The Kier molecular flexibility index (Phi) is 10.1. The quantitative estimate of drug-likeness (QED) is 0.152. The molecule has 18 rings (SSSR count). The summed E-state index contributed by atoms with van der Waals surface area (Å²) in [7, 11) is 0. The third-order valence-electron chi connectivity index (χ3n) is 17.9. The number of thiophene rings is 1. The Bertz CT molecular complexity index is 5280. The highest BCUT2D eigenvalue weighted by molar-refractivity contribution is 7.26. The van der Waals surface area contributed by atoms with Crippen LogP contribution in [-0.2, 0) is 5.41 Å². The van der Waals surface area contributed by atoms with E-state index < -0.39 is 5.41 Å². The lowest BCUT2D eigenvalue weighted by Gasteiger charge is -2.33. The number of furan rings is 1. The second-order valence-electron chi connectivity index (χ2n) is 22.3.